The number of nitrogens with one attached hydrogen (secondary N) is 1. The quantitative estimate of drug-likeness (QED) is 0.763. The predicted octanol–water partition coefficient (Wildman–Crippen LogP) is 2.56. The lowest BCUT2D eigenvalue weighted by atomic mass is 9.90. The van der Waals surface area contributed by atoms with E-state index in [0.717, 1.165) is 0 Å². The summed E-state index contributed by atoms with van der Waals surface area (Å²) in [5, 5.41) is 5.69. The third-order valence-electron chi connectivity index (χ3n) is 2.81. The highest BCUT2D eigenvalue weighted by atomic mass is 35.5. The van der Waals surface area contributed by atoms with E-state index in [4.69, 9.17) is 0 Å². The van der Waals surface area contributed by atoms with E-state index in [2.05, 4.69) is 24.7 Å². The summed E-state index contributed by atoms with van der Waals surface area (Å²) in [5.41, 5.74) is 3.22. The molecule has 0 saturated heterocycles. The summed E-state index contributed by atoms with van der Waals surface area (Å²) in [5.74, 6) is 0. The Balaban J connectivity index is 0.000000845. The molecule has 74 valence electrons. The summed E-state index contributed by atoms with van der Waals surface area (Å²) in [6.07, 6.45) is 3.81. The van der Waals surface area contributed by atoms with Gasteiger partial charge in [-0.1, -0.05) is 0 Å². The molecule has 2 rings (SSSR count). The summed E-state index contributed by atoms with van der Waals surface area (Å²) in [7, 11) is 2.06. The summed E-state index contributed by atoms with van der Waals surface area (Å²) in [6.45, 7) is 2.24. The van der Waals surface area contributed by atoms with Crippen molar-refractivity contribution in [3.8, 4) is 0 Å². The molecule has 0 aromatic carbocycles. The molecule has 1 aromatic rings. The number of rotatable bonds is 1. The molecular formula is C10H16ClNS. The molecule has 1 nitrogen and oxygen atoms in total. The molecule has 0 aliphatic heterocycles. The monoisotopic (exact) mass is 217 g/mol. The minimum absolute atomic E-state index is 0. The third-order valence-corrected chi connectivity index (χ3v) is 3.81. The first-order valence-electron chi connectivity index (χ1n) is 4.54. The van der Waals surface area contributed by atoms with E-state index in [-0.39, 0.29) is 12.4 Å². The van der Waals surface area contributed by atoms with E-state index >= 15 is 0 Å². The van der Waals surface area contributed by atoms with Crippen LogP contribution in [0.15, 0.2) is 5.38 Å². The summed E-state index contributed by atoms with van der Waals surface area (Å²) >= 11 is 1.90. The number of fused-ring (bicyclic) bond motifs is 1. The molecule has 1 aliphatic carbocycles. The number of thiophene rings is 1. The topological polar surface area (TPSA) is 12.0 Å². The van der Waals surface area contributed by atoms with Crippen molar-refractivity contribution < 1.29 is 0 Å². The number of likely N-dealkylation sites (N-methyl/N-ethyl adjacent to an activating group) is 1. The zero-order valence-electron chi connectivity index (χ0n) is 8.09. The molecule has 0 bridgehead atoms. The fourth-order valence-electron chi connectivity index (χ4n) is 1.97. The van der Waals surface area contributed by atoms with Crippen LogP contribution in [-0.4, -0.2) is 13.1 Å². The van der Waals surface area contributed by atoms with Crippen molar-refractivity contribution in [1.82, 2.24) is 5.32 Å². The SMILES string of the molecule is CNC1CCc2c(csc2C)C1.Cl. The van der Waals surface area contributed by atoms with Crippen LogP contribution < -0.4 is 5.32 Å². The summed E-state index contributed by atoms with van der Waals surface area (Å²) in [6, 6.07) is 0.714. The molecule has 1 aromatic heterocycles. The second-order valence-corrected chi connectivity index (χ2v) is 4.61. The third kappa shape index (κ3) is 2.06. The van der Waals surface area contributed by atoms with Gasteiger partial charge in [0, 0.05) is 10.9 Å². The molecule has 0 fully saturated rings. The first-order valence-corrected chi connectivity index (χ1v) is 5.42. The lowest BCUT2D eigenvalue weighted by Crippen LogP contribution is -2.31. The van der Waals surface area contributed by atoms with Crippen molar-refractivity contribution in [3.05, 3.63) is 21.4 Å². The highest BCUT2D eigenvalue weighted by Crippen LogP contribution is 2.28. The average molecular weight is 218 g/mol. The van der Waals surface area contributed by atoms with Crippen LogP contribution in [0, 0.1) is 6.92 Å². The first-order chi connectivity index (χ1) is 5.81. The summed E-state index contributed by atoms with van der Waals surface area (Å²) < 4.78 is 0. The molecule has 1 aliphatic rings. The molecule has 0 saturated carbocycles. The van der Waals surface area contributed by atoms with Crippen LogP contribution >= 0.6 is 23.7 Å². The highest BCUT2D eigenvalue weighted by molar-refractivity contribution is 7.10. The molecule has 1 heterocycles. The van der Waals surface area contributed by atoms with Crippen molar-refractivity contribution in [2.24, 2.45) is 0 Å². The van der Waals surface area contributed by atoms with Gasteiger partial charge in [0.25, 0.3) is 0 Å². The average Bonchev–Trinajstić information content (AvgIpc) is 2.47. The predicted molar refractivity (Wildman–Crippen MR) is 61.2 cm³/mol. The van der Waals surface area contributed by atoms with Crippen LogP contribution in [0.25, 0.3) is 0 Å². The number of aryl methyl sites for hydroxylation is 1. The smallest absolute Gasteiger partial charge is 0.0108 e. The van der Waals surface area contributed by atoms with Gasteiger partial charge in [-0.25, -0.2) is 0 Å². The fraction of sp³-hybridized carbons (Fsp3) is 0.600. The van der Waals surface area contributed by atoms with Gasteiger partial charge in [0.1, 0.15) is 0 Å². The van der Waals surface area contributed by atoms with Gasteiger partial charge in [-0.05, 0) is 49.7 Å². The lowest BCUT2D eigenvalue weighted by Gasteiger charge is -2.22. The fourth-order valence-corrected chi connectivity index (χ4v) is 2.90. The molecular weight excluding hydrogens is 202 g/mol. The van der Waals surface area contributed by atoms with E-state index in [1.165, 1.54) is 24.1 Å². The van der Waals surface area contributed by atoms with Crippen LogP contribution in [0.3, 0.4) is 0 Å². The van der Waals surface area contributed by atoms with Gasteiger partial charge in [-0.15, -0.1) is 23.7 Å². The van der Waals surface area contributed by atoms with Crippen molar-refractivity contribution in [2.75, 3.05) is 7.05 Å². The normalized spacial score (nSPS) is 20.6. The van der Waals surface area contributed by atoms with Crippen molar-refractivity contribution in [3.63, 3.8) is 0 Å². The maximum absolute atomic E-state index is 3.36. The van der Waals surface area contributed by atoms with Gasteiger partial charge in [0.2, 0.25) is 0 Å². The second-order valence-electron chi connectivity index (χ2n) is 3.52. The van der Waals surface area contributed by atoms with E-state index in [1.807, 2.05) is 11.3 Å². The van der Waals surface area contributed by atoms with E-state index < -0.39 is 0 Å². The number of hydrogen-bond donors (Lipinski definition) is 1. The van der Waals surface area contributed by atoms with Crippen LogP contribution in [0.1, 0.15) is 22.4 Å². The number of hydrogen-bond acceptors (Lipinski definition) is 2. The van der Waals surface area contributed by atoms with Gasteiger partial charge in [0.05, 0.1) is 0 Å². The molecule has 0 amide bonds. The largest absolute Gasteiger partial charge is 0.317 e. The Morgan fingerprint density at radius 2 is 2.31 bits per heavy atom. The summed E-state index contributed by atoms with van der Waals surface area (Å²) in [4.78, 5) is 1.53. The Bertz CT molecular complexity index is 282. The van der Waals surface area contributed by atoms with Gasteiger partial charge in [0.15, 0.2) is 0 Å². The molecule has 13 heavy (non-hydrogen) atoms. The van der Waals surface area contributed by atoms with Crippen molar-refractivity contribution in [2.45, 2.75) is 32.2 Å². The highest BCUT2D eigenvalue weighted by Gasteiger charge is 2.19. The zero-order chi connectivity index (χ0) is 8.55. The number of halogens is 1. The van der Waals surface area contributed by atoms with Crippen molar-refractivity contribution >= 4 is 23.7 Å². The maximum Gasteiger partial charge on any atom is 0.0108 e. The Hall–Kier alpha value is -0.0500. The first kappa shape index (κ1) is 11.0. The minimum Gasteiger partial charge on any atom is -0.317 e. The van der Waals surface area contributed by atoms with Crippen LogP contribution in [0.5, 0.6) is 0 Å². The van der Waals surface area contributed by atoms with Crippen molar-refractivity contribution in [1.29, 1.82) is 0 Å². The Kier molecular flexibility index (Phi) is 3.77. The van der Waals surface area contributed by atoms with Gasteiger partial charge < -0.3 is 5.32 Å². The molecule has 0 spiro atoms. The van der Waals surface area contributed by atoms with Crippen LogP contribution in [0.4, 0.5) is 0 Å². The zero-order valence-corrected chi connectivity index (χ0v) is 9.73. The van der Waals surface area contributed by atoms with E-state index in [9.17, 15) is 0 Å². The van der Waals surface area contributed by atoms with Gasteiger partial charge in [-0.2, -0.15) is 0 Å². The lowest BCUT2D eigenvalue weighted by molar-refractivity contribution is 0.497. The van der Waals surface area contributed by atoms with Gasteiger partial charge >= 0.3 is 0 Å². The molecule has 3 heteroatoms. The van der Waals surface area contributed by atoms with E-state index in [1.54, 1.807) is 11.1 Å². The molecule has 0 radical (unpaired) electrons. The standard InChI is InChI=1S/C10H15NS.ClH/c1-7-10-4-3-9(11-2)5-8(10)6-12-7;/h6,9,11H,3-5H2,1-2H3;1H. The van der Waals surface area contributed by atoms with Crippen LogP contribution in [-0.2, 0) is 12.8 Å². The van der Waals surface area contributed by atoms with E-state index in [0.29, 0.717) is 6.04 Å². The second kappa shape index (κ2) is 4.45. The Morgan fingerprint density at radius 1 is 1.54 bits per heavy atom. The Labute approximate surface area is 90.0 Å². The molecule has 1 unspecified atom stereocenters. The molecule has 1 N–H and O–H groups in total. The van der Waals surface area contributed by atoms with Gasteiger partial charge in [-0.3, -0.25) is 0 Å². The maximum atomic E-state index is 3.36. The van der Waals surface area contributed by atoms with Crippen LogP contribution in [0.2, 0.25) is 0 Å². The molecule has 1 atom stereocenters. The minimum atomic E-state index is 0. The Morgan fingerprint density at radius 3 is 3.00 bits per heavy atom.